The van der Waals surface area contributed by atoms with Gasteiger partial charge in [0.2, 0.25) is 0 Å². The lowest BCUT2D eigenvalue weighted by Gasteiger charge is -2.06. The van der Waals surface area contributed by atoms with E-state index < -0.39 is 0 Å². The first-order valence-electron chi connectivity index (χ1n) is 6.90. The van der Waals surface area contributed by atoms with Crippen LogP contribution >= 0.6 is 0 Å². The van der Waals surface area contributed by atoms with Gasteiger partial charge < -0.3 is 0 Å². The molecule has 0 bridgehead atoms. The number of rotatable bonds is 3. The maximum absolute atomic E-state index is 11.8. The summed E-state index contributed by atoms with van der Waals surface area (Å²) in [6, 6.07) is 22.6. The molecule has 0 N–H and O–H groups in total. The SMILES string of the molecule is CCC(=O)c1cccc(-c2ccc3ccccc3c2)c1. The van der Waals surface area contributed by atoms with Crippen molar-refractivity contribution < 1.29 is 4.79 Å². The summed E-state index contributed by atoms with van der Waals surface area (Å²) in [5.41, 5.74) is 3.03. The molecule has 0 saturated carbocycles. The summed E-state index contributed by atoms with van der Waals surface area (Å²) in [6.07, 6.45) is 0.543. The molecule has 3 rings (SSSR count). The van der Waals surface area contributed by atoms with Gasteiger partial charge in [0.1, 0.15) is 0 Å². The van der Waals surface area contributed by atoms with E-state index in [-0.39, 0.29) is 5.78 Å². The van der Waals surface area contributed by atoms with Gasteiger partial charge in [-0.1, -0.05) is 61.5 Å². The van der Waals surface area contributed by atoms with Gasteiger partial charge in [-0.2, -0.15) is 0 Å². The molecule has 0 aliphatic rings. The Hall–Kier alpha value is -2.41. The van der Waals surface area contributed by atoms with Gasteiger partial charge in [0.05, 0.1) is 0 Å². The second-order valence-electron chi connectivity index (χ2n) is 4.92. The van der Waals surface area contributed by atoms with E-state index in [2.05, 4.69) is 36.4 Å². The Labute approximate surface area is 118 Å². The molecule has 1 heteroatoms. The number of hydrogen-bond donors (Lipinski definition) is 0. The molecule has 1 nitrogen and oxygen atoms in total. The zero-order valence-electron chi connectivity index (χ0n) is 11.5. The highest BCUT2D eigenvalue weighted by molar-refractivity contribution is 5.97. The Kier molecular flexibility index (Phi) is 3.34. The number of benzene rings is 3. The molecule has 0 aliphatic carbocycles. The number of Topliss-reactive ketones (excluding diaryl/α,β-unsaturated/α-hetero) is 1. The maximum Gasteiger partial charge on any atom is 0.162 e. The van der Waals surface area contributed by atoms with Crippen molar-refractivity contribution in [3.8, 4) is 11.1 Å². The largest absolute Gasteiger partial charge is 0.294 e. The molecule has 0 saturated heterocycles. The molecule has 0 fully saturated rings. The normalized spacial score (nSPS) is 10.7. The molecule has 0 radical (unpaired) electrons. The number of carbonyl (C=O) groups is 1. The van der Waals surface area contributed by atoms with E-state index in [4.69, 9.17) is 0 Å². The van der Waals surface area contributed by atoms with Crippen LogP contribution in [0.2, 0.25) is 0 Å². The van der Waals surface area contributed by atoms with Crippen molar-refractivity contribution >= 4 is 16.6 Å². The molecule has 0 aliphatic heterocycles. The fraction of sp³-hybridized carbons (Fsp3) is 0.105. The van der Waals surface area contributed by atoms with Crippen molar-refractivity contribution in [3.05, 3.63) is 72.3 Å². The Morgan fingerprint density at radius 2 is 1.55 bits per heavy atom. The average molecular weight is 260 g/mol. The van der Waals surface area contributed by atoms with Gasteiger partial charge in [0, 0.05) is 12.0 Å². The first-order chi connectivity index (χ1) is 9.78. The van der Waals surface area contributed by atoms with Crippen molar-refractivity contribution in [2.75, 3.05) is 0 Å². The third kappa shape index (κ3) is 2.35. The third-order valence-electron chi connectivity index (χ3n) is 3.59. The van der Waals surface area contributed by atoms with Crippen LogP contribution in [-0.2, 0) is 0 Å². The van der Waals surface area contributed by atoms with E-state index in [0.717, 1.165) is 16.7 Å². The summed E-state index contributed by atoms with van der Waals surface area (Å²) in [7, 11) is 0. The number of hydrogen-bond acceptors (Lipinski definition) is 1. The fourth-order valence-corrected chi connectivity index (χ4v) is 2.45. The van der Waals surface area contributed by atoms with Gasteiger partial charge in [-0.3, -0.25) is 4.79 Å². The third-order valence-corrected chi connectivity index (χ3v) is 3.59. The quantitative estimate of drug-likeness (QED) is 0.599. The van der Waals surface area contributed by atoms with Gasteiger partial charge in [0.15, 0.2) is 5.78 Å². The molecule has 0 atom stereocenters. The highest BCUT2D eigenvalue weighted by Gasteiger charge is 2.05. The average Bonchev–Trinajstić information content (AvgIpc) is 2.53. The maximum atomic E-state index is 11.8. The summed E-state index contributed by atoms with van der Waals surface area (Å²) in [5.74, 6) is 0.188. The van der Waals surface area contributed by atoms with Crippen molar-refractivity contribution in [2.45, 2.75) is 13.3 Å². The van der Waals surface area contributed by atoms with E-state index in [1.54, 1.807) is 0 Å². The number of carbonyl (C=O) groups excluding carboxylic acids is 1. The Morgan fingerprint density at radius 1 is 0.800 bits per heavy atom. The van der Waals surface area contributed by atoms with Gasteiger partial charge in [0.25, 0.3) is 0 Å². The lowest BCUT2D eigenvalue weighted by atomic mass is 9.98. The summed E-state index contributed by atoms with van der Waals surface area (Å²) >= 11 is 0. The fourth-order valence-electron chi connectivity index (χ4n) is 2.45. The minimum absolute atomic E-state index is 0.188. The molecule has 98 valence electrons. The van der Waals surface area contributed by atoms with E-state index in [0.29, 0.717) is 6.42 Å². The Morgan fingerprint density at radius 3 is 2.35 bits per heavy atom. The number of ketones is 1. The standard InChI is InChI=1S/C19H16O/c1-2-19(20)18-9-5-8-16(13-18)17-11-10-14-6-3-4-7-15(14)12-17/h3-13H,2H2,1H3. The van der Waals surface area contributed by atoms with Crippen LogP contribution in [0.5, 0.6) is 0 Å². The van der Waals surface area contributed by atoms with Crippen molar-refractivity contribution in [3.63, 3.8) is 0 Å². The summed E-state index contributed by atoms with van der Waals surface area (Å²) in [4.78, 5) is 11.8. The highest BCUT2D eigenvalue weighted by atomic mass is 16.1. The molecule has 0 amide bonds. The van der Waals surface area contributed by atoms with Crippen LogP contribution in [0.3, 0.4) is 0 Å². The Bertz CT molecular complexity index is 771. The van der Waals surface area contributed by atoms with E-state index in [1.165, 1.54) is 10.8 Å². The zero-order valence-corrected chi connectivity index (χ0v) is 11.5. The molecule has 0 aromatic heterocycles. The molecule has 3 aromatic carbocycles. The van der Waals surface area contributed by atoms with Crippen LogP contribution < -0.4 is 0 Å². The highest BCUT2D eigenvalue weighted by Crippen LogP contribution is 2.25. The van der Waals surface area contributed by atoms with E-state index in [9.17, 15) is 4.79 Å². The molecule has 0 spiro atoms. The second-order valence-corrected chi connectivity index (χ2v) is 4.92. The molecule has 0 unspecified atom stereocenters. The van der Waals surface area contributed by atoms with Crippen molar-refractivity contribution in [2.24, 2.45) is 0 Å². The van der Waals surface area contributed by atoms with Gasteiger partial charge >= 0.3 is 0 Å². The topological polar surface area (TPSA) is 17.1 Å². The van der Waals surface area contributed by atoms with Crippen molar-refractivity contribution in [1.29, 1.82) is 0 Å². The molecule has 0 heterocycles. The van der Waals surface area contributed by atoms with Gasteiger partial charge in [-0.15, -0.1) is 0 Å². The molecular formula is C19H16O. The monoisotopic (exact) mass is 260 g/mol. The molecular weight excluding hydrogens is 244 g/mol. The van der Waals surface area contributed by atoms with Gasteiger partial charge in [-0.25, -0.2) is 0 Å². The smallest absolute Gasteiger partial charge is 0.162 e. The predicted molar refractivity (Wildman–Crippen MR) is 84.0 cm³/mol. The Balaban J connectivity index is 2.08. The van der Waals surface area contributed by atoms with Crippen LogP contribution in [0.4, 0.5) is 0 Å². The summed E-state index contributed by atoms with van der Waals surface area (Å²) in [6.45, 7) is 1.89. The zero-order chi connectivity index (χ0) is 13.9. The first-order valence-corrected chi connectivity index (χ1v) is 6.90. The van der Waals surface area contributed by atoms with Crippen LogP contribution in [0.15, 0.2) is 66.7 Å². The van der Waals surface area contributed by atoms with Crippen LogP contribution in [0.25, 0.3) is 21.9 Å². The van der Waals surface area contributed by atoms with E-state index >= 15 is 0 Å². The van der Waals surface area contributed by atoms with Crippen LogP contribution in [0, 0.1) is 0 Å². The van der Waals surface area contributed by atoms with Gasteiger partial charge in [-0.05, 0) is 34.0 Å². The minimum atomic E-state index is 0.188. The first kappa shape index (κ1) is 12.6. The number of fused-ring (bicyclic) bond motifs is 1. The lowest BCUT2D eigenvalue weighted by molar-refractivity contribution is 0.0988. The summed E-state index contributed by atoms with van der Waals surface area (Å²) < 4.78 is 0. The lowest BCUT2D eigenvalue weighted by Crippen LogP contribution is -1.96. The van der Waals surface area contributed by atoms with E-state index in [1.807, 2.05) is 37.3 Å². The second kappa shape index (κ2) is 5.30. The van der Waals surface area contributed by atoms with Crippen LogP contribution in [-0.4, -0.2) is 5.78 Å². The predicted octanol–water partition coefficient (Wildman–Crippen LogP) is 5.10. The van der Waals surface area contributed by atoms with Crippen LogP contribution in [0.1, 0.15) is 23.7 Å². The molecule has 3 aromatic rings. The van der Waals surface area contributed by atoms with Crippen molar-refractivity contribution in [1.82, 2.24) is 0 Å². The summed E-state index contributed by atoms with van der Waals surface area (Å²) in [5, 5.41) is 2.45. The minimum Gasteiger partial charge on any atom is -0.294 e. The molecule has 20 heavy (non-hydrogen) atoms.